The number of halogens is 1. The van der Waals surface area contributed by atoms with Crippen LogP contribution < -0.4 is 4.74 Å². The van der Waals surface area contributed by atoms with Crippen LogP contribution in [0.1, 0.15) is 27.0 Å². The number of furan rings is 1. The molecule has 1 aromatic carbocycles. The Balaban J connectivity index is 1.26. The van der Waals surface area contributed by atoms with E-state index in [1.165, 1.54) is 23.5 Å². The van der Waals surface area contributed by atoms with E-state index in [2.05, 4.69) is 10.1 Å². The molecule has 0 aliphatic carbocycles. The molecule has 0 spiro atoms. The second-order valence-corrected chi connectivity index (χ2v) is 6.96. The average Bonchev–Trinajstić information content (AvgIpc) is 3.48. The average molecular weight is 413 g/mol. The molecule has 0 atom stereocenters. The second-order valence-electron chi connectivity index (χ2n) is 6.02. The lowest BCUT2D eigenvalue weighted by molar-refractivity contribution is 0.0429. The smallest absolute Gasteiger partial charge is 0.374 e. The van der Waals surface area contributed by atoms with E-state index in [1.807, 2.05) is 6.07 Å². The zero-order valence-corrected chi connectivity index (χ0v) is 16.0. The van der Waals surface area contributed by atoms with Crippen LogP contribution in [-0.4, -0.2) is 20.7 Å². The first kappa shape index (κ1) is 18.9. The predicted octanol–water partition coefficient (Wildman–Crippen LogP) is 4.06. The van der Waals surface area contributed by atoms with Gasteiger partial charge in [-0.25, -0.2) is 14.2 Å². The molecular formula is C20H16FN3O4S. The molecule has 4 aromatic rings. The van der Waals surface area contributed by atoms with Crippen LogP contribution in [0.2, 0.25) is 0 Å². The van der Waals surface area contributed by atoms with Gasteiger partial charge in [0, 0.05) is 17.8 Å². The third kappa shape index (κ3) is 5.08. The summed E-state index contributed by atoms with van der Waals surface area (Å²) < 4.78 is 30.9. The van der Waals surface area contributed by atoms with Crippen molar-refractivity contribution in [1.82, 2.24) is 14.8 Å². The van der Waals surface area contributed by atoms with E-state index < -0.39 is 5.97 Å². The first-order valence-electron chi connectivity index (χ1n) is 8.70. The Hall–Kier alpha value is -3.46. The predicted molar refractivity (Wildman–Crippen MR) is 102 cm³/mol. The first-order valence-corrected chi connectivity index (χ1v) is 9.58. The maximum Gasteiger partial charge on any atom is 0.374 e. The van der Waals surface area contributed by atoms with Gasteiger partial charge in [-0.15, -0.1) is 11.3 Å². The molecule has 0 amide bonds. The standard InChI is InChI=1S/C20H16FN3O4S/c21-14-2-4-16(5-3-14)26-12-19-23-15(13-29-19)11-27-20(25)18-7-6-17(28-18)10-24-9-1-8-22-24/h1-9,13H,10-12H2. The minimum Gasteiger partial charge on any atom is -0.486 e. The highest BCUT2D eigenvalue weighted by atomic mass is 32.1. The molecule has 9 heteroatoms. The molecule has 0 unspecified atom stereocenters. The van der Waals surface area contributed by atoms with Crippen LogP contribution in [0.25, 0.3) is 0 Å². The van der Waals surface area contributed by atoms with Crippen molar-refractivity contribution in [3.05, 3.63) is 88.3 Å². The third-order valence-corrected chi connectivity index (χ3v) is 4.74. The fourth-order valence-corrected chi connectivity index (χ4v) is 3.18. The molecule has 3 aromatic heterocycles. The van der Waals surface area contributed by atoms with E-state index in [0.29, 0.717) is 23.7 Å². The molecule has 0 aliphatic heterocycles. The number of ether oxygens (including phenoxy) is 2. The number of thiazole rings is 1. The van der Waals surface area contributed by atoms with Crippen molar-refractivity contribution < 1.29 is 23.1 Å². The maximum absolute atomic E-state index is 12.9. The fraction of sp³-hybridized carbons (Fsp3) is 0.150. The summed E-state index contributed by atoms with van der Waals surface area (Å²) in [5, 5.41) is 6.60. The summed E-state index contributed by atoms with van der Waals surface area (Å²) in [4.78, 5) is 16.5. The summed E-state index contributed by atoms with van der Waals surface area (Å²) in [5.74, 6) is 0.407. The molecule has 0 radical (unpaired) electrons. The van der Waals surface area contributed by atoms with Gasteiger partial charge in [0.05, 0.1) is 12.2 Å². The Kier molecular flexibility index (Phi) is 5.66. The molecule has 0 N–H and O–H groups in total. The second kappa shape index (κ2) is 8.70. The summed E-state index contributed by atoms with van der Waals surface area (Å²) >= 11 is 1.39. The minimum absolute atomic E-state index is 0.0288. The molecule has 148 valence electrons. The summed E-state index contributed by atoms with van der Waals surface area (Å²) in [6.45, 7) is 0.712. The number of rotatable bonds is 8. The van der Waals surface area contributed by atoms with Crippen molar-refractivity contribution in [2.75, 3.05) is 0 Å². The molecule has 4 rings (SSSR count). The SMILES string of the molecule is O=C(OCc1csc(COc2ccc(F)cc2)n1)c1ccc(Cn2cccn2)o1. The van der Waals surface area contributed by atoms with Crippen LogP contribution in [0.15, 0.2) is 64.7 Å². The number of nitrogens with zero attached hydrogens (tertiary/aromatic N) is 3. The van der Waals surface area contributed by atoms with Gasteiger partial charge in [-0.2, -0.15) is 5.10 Å². The van der Waals surface area contributed by atoms with Crippen LogP contribution in [0.4, 0.5) is 4.39 Å². The van der Waals surface area contributed by atoms with Gasteiger partial charge in [0.1, 0.15) is 35.5 Å². The normalized spacial score (nSPS) is 10.8. The molecule has 0 aliphatic rings. The van der Waals surface area contributed by atoms with E-state index >= 15 is 0 Å². The van der Waals surface area contributed by atoms with Crippen LogP contribution in [-0.2, 0) is 24.5 Å². The molecular weight excluding hydrogens is 397 g/mol. The summed E-state index contributed by atoms with van der Waals surface area (Å²) in [7, 11) is 0. The van der Waals surface area contributed by atoms with Crippen molar-refractivity contribution in [1.29, 1.82) is 0 Å². The number of hydrogen-bond acceptors (Lipinski definition) is 7. The van der Waals surface area contributed by atoms with Crippen molar-refractivity contribution in [3.63, 3.8) is 0 Å². The zero-order chi connectivity index (χ0) is 20.1. The van der Waals surface area contributed by atoms with Gasteiger partial charge in [0.25, 0.3) is 0 Å². The van der Waals surface area contributed by atoms with E-state index in [4.69, 9.17) is 13.9 Å². The number of carbonyl (C=O) groups excluding carboxylic acids is 1. The van der Waals surface area contributed by atoms with E-state index in [-0.39, 0.29) is 24.8 Å². The highest BCUT2D eigenvalue weighted by Gasteiger charge is 2.14. The monoisotopic (exact) mass is 413 g/mol. The first-order chi connectivity index (χ1) is 14.2. The van der Waals surface area contributed by atoms with Crippen molar-refractivity contribution >= 4 is 17.3 Å². The lowest BCUT2D eigenvalue weighted by atomic mass is 10.3. The topological polar surface area (TPSA) is 79.4 Å². The number of esters is 1. The Labute approximate surface area is 169 Å². The van der Waals surface area contributed by atoms with E-state index in [9.17, 15) is 9.18 Å². The highest BCUT2D eigenvalue weighted by molar-refractivity contribution is 7.09. The third-order valence-electron chi connectivity index (χ3n) is 3.87. The van der Waals surface area contributed by atoms with Crippen molar-refractivity contribution in [2.45, 2.75) is 19.8 Å². The Bertz CT molecular complexity index is 1070. The summed E-state index contributed by atoms with van der Waals surface area (Å²) in [6.07, 6.45) is 3.48. The molecule has 0 bridgehead atoms. The molecule has 3 heterocycles. The van der Waals surface area contributed by atoms with Gasteiger partial charge in [-0.3, -0.25) is 4.68 Å². The minimum atomic E-state index is -0.561. The lowest BCUT2D eigenvalue weighted by Crippen LogP contribution is -2.05. The van der Waals surface area contributed by atoms with Crippen molar-refractivity contribution in [2.24, 2.45) is 0 Å². The highest BCUT2D eigenvalue weighted by Crippen LogP contribution is 2.17. The van der Waals surface area contributed by atoms with E-state index in [1.54, 1.807) is 46.7 Å². The number of carbonyl (C=O) groups is 1. The van der Waals surface area contributed by atoms with E-state index in [0.717, 1.165) is 5.01 Å². The molecule has 7 nitrogen and oxygen atoms in total. The Morgan fingerprint density at radius 2 is 2.03 bits per heavy atom. The fourth-order valence-electron chi connectivity index (χ4n) is 2.49. The van der Waals surface area contributed by atoms with Crippen LogP contribution in [0.3, 0.4) is 0 Å². The van der Waals surface area contributed by atoms with Gasteiger partial charge in [-0.1, -0.05) is 0 Å². The Morgan fingerprint density at radius 1 is 1.17 bits per heavy atom. The largest absolute Gasteiger partial charge is 0.486 e. The van der Waals surface area contributed by atoms with Gasteiger partial charge in [-0.05, 0) is 42.5 Å². The van der Waals surface area contributed by atoms with Gasteiger partial charge < -0.3 is 13.9 Å². The molecule has 0 fully saturated rings. The van der Waals surface area contributed by atoms with Gasteiger partial charge in [0.15, 0.2) is 0 Å². The van der Waals surface area contributed by atoms with Gasteiger partial charge >= 0.3 is 5.97 Å². The van der Waals surface area contributed by atoms with Crippen LogP contribution in [0, 0.1) is 5.82 Å². The summed E-state index contributed by atoms with van der Waals surface area (Å²) in [6, 6.07) is 10.9. The zero-order valence-electron chi connectivity index (χ0n) is 15.2. The molecule has 29 heavy (non-hydrogen) atoms. The lowest BCUT2D eigenvalue weighted by Gasteiger charge is -2.03. The molecule has 0 saturated carbocycles. The van der Waals surface area contributed by atoms with Crippen LogP contribution >= 0.6 is 11.3 Å². The summed E-state index contributed by atoms with van der Waals surface area (Å²) in [5.41, 5.74) is 0.615. The maximum atomic E-state index is 12.9. The number of hydrogen-bond donors (Lipinski definition) is 0. The van der Waals surface area contributed by atoms with Crippen LogP contribution in [0.5, 0.6) is 5.75 Å². The Morgan fingerprint density at radius 3 is 2.83 bits per heavy atom. The number of benzene rings is 1. The number of aromatic nitrogens is 3. The van der Waals surface area contributed by atoms with Crippen molar-refractivity contribution in [3.8, 4) is 5.75 Å². The molecule has 0 saturated heterocycles. The quantitative estimate of drug-likeness (QED) is 0.406. The van der Waals surface area contributed by atoms with Gasteiger partial charge in [0.2, 0.25) is 5.76 Å².